The van der Waals surface area contributed by atoms with Gasteiger partial charge in [-0.3, -0.25) is 19.0 Å². The van der Waals surface area contributed by atoms with Crippen LogP contribution in [0.2, 0.25) is 5.02 Å². The molecule has 0 bridgehead atoms. The van der Waals surface area contributed by atoms with Gasteiger partial charge in [-0.2, -0.15) is 9.78 Å². The number of halogens is 1. The Morgan fingerprint density at radius 1 is 1.11 bits per heavy atom. The van der Waals surface area contributed by atoms with Crippen LogP contribution in [0.15, 0.2) is 52.1 Å². The normalized spacial score (nSPS) is 15.5. The van der Waals surface area contributed by atoms with Crippen molar-refractivity contribution in [3.63, 3.8) is 0 Å². The molecule has 10 heteroatoms. The van der Waals surface area contributed by atoms with Crippen molar-refractivity contribution in [1.29, 1.82) is 0 Å². The van der Waals surface area contributed by atoms with E-state index in [-0.39, 0.29) is 25.7 Å². The number of carbonyl (C=O) groups is 2. The van der Waals surface area contributed by atoms with Gasteiger partial charge < -0.3 is 9.64 Å². The molecule has 1 aromatic heterocycles. The molecule has 1 saturated heterocycles. The first-order valence-electron chi connectivity index (χ1n) is 12.2. The summed E-state index contributed by atoms with van der Waals surface area (Å²) in [6, 6.07) is 12.2. The summed E-state index contributed by atoms with van der Waals surface area (Å²) in [6.07, 6.45) is 1.18. The van der Waals surface area contributed by atoms with Crippen molar-refractivity contribution in [2.45, 2.75) is 40.2 Å². The first-order valence-corrected chi connectivity index (χ1v) is 12.6. The molecule has 37 heavy (non-hydrogen) atoms. The van der Waals surface area contributed by atoms with Gasteiger partial charge in [0.15, 0.2) is 0 Å². The van der Waals surface area contributed by atoms with Crippen molar-refractivity contribution >= 4 is 23.5 Å². The third-order valence-electron chi connectivity index (χ3n) is 6.61. The zero-order chi connectivity index (χ0) is 26.7. The minimum atomic E-state index is -0.812. The number of rotatable bonds is 6. The van der Waals surface area contributed by atoms with E-state index in [9.17, 15) is 19.2 Å². The Hall–Kier alpha value is -3.72. The molecule has 1 aliphatic rings. The highest BCUT2D eigenvalue weighted by atomic mass is 35.5. The topological polar surface area (TPSA) is 104 Å². The van der Waals surface area contributed by atoms with Crippen molar-refractivity contribution < 1.29 is 14.3 Å². The lowest BCUT2D eigenvalue weighted by Crippen LogP contribution is -2.49. The Morgan fingerprint density at radius 2 is 1.86 bits per heavy atom. The van der Waals surface area contributed by atoms with Crippen molar-refractivity contribution in [2.24, 2.45) is 5.92 Å². The number of amides is 1. The van der Waals surface area contributed by atoms with Crippen LogP contribution in [0.1, 0.15) is 46.9 Å². The van der Waals surface area contributed by atoms with E-state index >= 15 is 0 Å². The molecule has 1 amide bonds. The summed E-state index contributed by atoms with van der Waals surface area (Å²) in [6.45, 7) is 6.17. The molecule has 194 valence electrons. The quantitative estimate of drug-likeness (QED) is 0.459. The molecule has 0 spiro atoms. The molecule has 0 N–H and O–H groups in total. The minimum absolute atomic E-state index is 0.117. The molecule has 2 heterocycles. The average Bonchev–Trinajstić information content (AvgIpc) is 2.89. The van der Waals surface area contributed by atoms with Crippen LogP contribution in [0, 0.1) is 19.8 Å². The number of carbonyl (C=O) groups excluding carboxylic acids is 2. The largest absolute Gasteiger partial charge is 0.466 e. The Bertz CT molecular complexity index is 1460. The summed E-state index contributed by atoms with van der Waals surface area (Å²) in [7, 11) is 0. The molecular formula is C27H29ClN4O5. The van der Waals surface area contributed by atoms with Gasteiger partial charge in [0.25, 0.3) is 11.5 Å². The van der Waals surface area contributed by atoms with Crippen LogP contribution in [-0.4, -0.2) is 50.8 Å². The predicted octanol–water partition coefficient (Wildman–Crippen LogP) is 3.13. The Balaban J connectivity index is 1.82. The van der Waals surface area contributed by atoms with Crippen LogP contribution in [0.5, 0.6) is 0 Å². The highest BCUT2D eigenvalue weighted by molar-refractivity contribution is 6.31. The van der Waals surface area contributed by atoms with Gasteiger partial charge in [0, 0.05) is 18.1 Å². The van der Waals surface area contributed by atoms with Crippen molar-refractivity contribution in [2.75, 3.05) is 19.7 Å². The molecule has 1 fully saturated rings. The van der Waals surface area contributed by atoms with E-state index in [4.69, 9.17) is 16.3 Å². The van der Waals surface area contributed by atoms with Crippen molar-refractivity contribution in [3.8, 4) is 5.69 Å². The molecule has 0 radical (unpaired) electrons. The van der Waals surface area contributed by atoms with Gasteiger partial charge in [-0.25, -0.2) is 4.79 Å². The van der Waals surface area contributed by atoms with Crippen LogP contribution >= 0.6 is 11.6 Å². The number of esters is 1. The van der Waals surface area contributed by atoms with Crippen molar-refractivity contribution in [1.82, 2.24) is 19.2 Å². The number of hydrogen-bond acceptors (Lipinski definition) is 6. The zero-order valence-electron chi connectivity index (χ0n) is 21.1. The zero-order valence-corrected chi connectivity index (χ0v) is 21.8. The van der Waals surface area contributed by atoms with E-state index in [0.29, 0.717) is 35.7 Å². The number of aryl methyl sites for hydroxylation is 2. The molecule has 1 aliphatic heterocycles. The van der Waals surface area contributed by atoms with Gasteiger partial charge in [0.1, 0.15) is 0 Å². The Labute approximate surface area is 219 Å². The number of likely N-dealkylation sites (tertiary alicyclic amines) is 1. The number of nitrogens with zero attached hydrogens (tertiary/aromatic N) is 4. The summed E-state index contributed by atoms with van der Waals surface area (Å²) < 4.78 is 7.18. The first kappa shape index (κ1) is 26.3. The summed E-state index contributed by atoms with van der Waals surface area (Å²) in [5, 5.41) is 4.64. The summed E-state index contributed by atoms with van der Waals surface area (Å²) in [5.74, 6) is -1.48. The maximum atomic E-state index is 13.6. The van der Waals surface area contributed by atoms with E-state index in [1.165, 1.54) is 4.90 Å². The van der Waals surface area contributed by atoms with Gasteiger partial charge >= 0.3 is 11.7 Å². The fourth-order valence-corrected chi connectivity index (χ4v) is 4.57. The monoisotopic (exact) mass is 524 g/mol. The van der Waals surface area contributed by atoms with E-state index in [1.54, 1.807) is 43.3 Å². The second kappa shape index (κ2) is 11.1. The predicted molar refractivity (Wildman–Crippen MR) is 139 cm³/mol. The smallest absolute Gasteiger partial charge is 0.352 e. The van der Waals surface area contributed by atoms with E-state index in [2.05, 4.69) is 5.10 Å². The number of hydrogen-bond donors (Lipinski definition) is 0. The molecule has 9 nitrogen and oxygen atoms in total. The highest BCUT2D eigenvalue weighted by Gasteiger charge is 2.32. The standard InChI is InChI=1S/C27H29ClN4O5/c1-4-37-26(35)20-9-7-13-30(15-20)24(33)23-25(34)31(16-19-8-5-6-10-22(19)28)27(36)32(29-23)21-12-11-17(2)18(3)14-21/h5-6,8,10-12,14,20H,4,7,9,13,15-16H2,1-3H3/t20-/m1/s1. The summed E-state index contributed by atoms with van der Waals surface area (Å²) >= 11 is 6.31. The molecule has 1 atom stereocenters. The Morgan fingerprint density at radius 3 is 2.57 bits per heavy atom. The summed E-state index contributed by atoms with van der Waals surface area (Å²) in [5.41, 5.74) is 1.04. The lowest BCUT2D eigenvalue weighted by atomic mass is 9.98. The number of ether oxygens (including phenoxy) is 1. The highest BCUT2D eigenvalue weighted by Crippen LogP contribution is 2.20. The van der Waals surface area contributed by atoms with Crippen LogP contribution in [-0.2, 0) is 16.1 Å². The summed E-state index contributed by atoms with van der Waals surface area (Å²) in [4.78, 5) is 54.3. The van der Waals surface area contributed by atoms with Crippen LogP contribution in [0.25, 0.3) is 5.69 Å². The van der Waals surface area contributed by atoms with Gasteiger partial charge in [-0.15, -0.1) is 0 Å². The Kier molecular flexibility index (Phi) is 7.92. The van der Waals surface area contributed by atoms with Crippen LogP contribution < -0.4 is 11.2 Å². The van der Waals surface area contributed by atoms with E-state index in [1.807, 2.05) is 19.9 Å². The van der Waals surface area contributed by atoms with Crippen molar-refractivity contribution in [3.05, 3.63) is 90.7 Å². The molecule has 0 unspecified atom stereocenters. The molecular weight excluding hydrogens is 496 g/mol. The maximum absolute atomic E-state index is 13.6. The fraction of sp³-hybridized carbons (Fsp3) is 0.370. The third-order valence-corrected chi connectivity index (χ3v) is 6.98. The van der Waals surface area contributed by atoms with Gasteiger partial charge in [0.05, 0.1) is 24.8 Å². The molecule has 3 aromatic rings. The third kappa shape index (κ3) is 5.51. The van der Waals surface area contributed by atoms with E-state index in [0.717, 1.165) is 20.4 Å². The SMILES string of the molecule is CCOC(=O)[C@@H]1CCCN(C(=O)c2nn(-c3ccc(C)c(C)c3)c(=O)n(Cc3ccccc3Cl)c2=O)C1. The minimum Gasteiger partial charge on any atom is -0.466 e. The lowest BCUT2D eigenvalue weighted by Gasteiger charge is -2.31. The lowest BCUT2D eigenvalue weighted by molar-refractivity contribution is -0.149. The molecule has 0 aliphatic carbocycles. The molecule has 2 aromatic carbocycles. The second-order valence-electron chi connectivity index (χ2n) is 9.14. The second-order valence-corrected chi connectivity index (χ2v) is 9.54. The van der Waals surface area contributed by atoms with Crippen LogP contribution in [0.3, 0.4) is 0 Å². The van der Waals surface area contributed by atoms with Crippen LogP contribution in [0.4, 0.5) is 0 Å². The number of benzene rings is 2. The molecule has 4 rings (SSSR count). The fourth-order valence-electron chi connectivity index (χ4n) is 4.37. The number of aromatic nitrogens is 3. The first-order chi connectivity index (χ1) is 17.7. The maximum Gasteiger partial charge on any atom is 0.352 e. The van der Waals surface area contributed by atoms with Gasteiger partial charge in [0.2, 0.25) is 5.69 Å². The van der Waals surface area contributed by atoms with E-state index < -0.39 is 28.8 Å². The van der Waals surface area contributed by atoms with Gasteiger partial charge in [-0.05, 0) is 68.5 Å². The molecule has 0 saturated carbocycles. The average molecular weight is 525 g/mol. The number of piperidine rings is 1. The van der Waals surface area contributed by atoms with Gasteiger partial charge in [-0.1, -0.05) is 35.9 Å².